The van der Waals surface area contributed by atoms with Gasteiger partial charge in [0.05, 0.1) is 17.8 Å². The Balaban J connectivity index is 2.78. The second-order valence-electron chi connectivity index (χ2n) is 3.51. The zero-order chi connectivity index (χ0) is 14.3. The predicted molar refractivity (Wildman–Crippen MR) is 81.3 cm³/mol. The molecule has 0 aliphatic rings. The number of hydrazone groups is 1. The summed E-state index contributed by atoms with van der Waals surface area (Å²) in [4.78, 5) is 0. The van der Waals surface area contributed by atoms with E-state index in [0.717, 1.165) is 6.54 Å². The first-order chi connectivity index (χ1) is 9.08. The number of benzene rings is 1. The molecule has 0 aliphatic heterocycles. The van der Waals surface area contributed by atoms with Gasteiger partial charge in [-0.25, -0.2) is 0 Å². The maximum Gasteiger partial charge on any atom is 0.186 e. The molecule has 0 aromatic heterocycles. The second kappa shape index (κ2) is 7.81. The fraction of sp³-hybridized carbons (Fsp3) is 0.333. The smallest absolute Gasteiger partial charge is 0.186 e. The molecule has 7 heteroatoms. The van der Waals surface area contributed by atoms with Crippen molar-refractivity contribution in [2.24, 2.45) is 5.10 Å². The van der Waals surface area contributed by atoms with Gasteiger partial charge in [-0.2, -0.15) is 5.10 Å². The molecule has 0 heterocycles. The highest BCUT2D eigenvalue weighted by atomic mass is 35.5. The van der Waals surface area contributed by atoms with Crippen molar-refractivity contribution in [3.8, 4) is 11.5 Å². The Morgan fingerprint density at radius 2 is 2.26 bits per heavy atom. The van der Waals surface area contributed by atoms with E-state index < -0.39 is 0 Å². The molecule has 1 aromatic rings. The van der Waals surface area contributed by atoms with Crippen LogP contribution in [0.1, 0.15) is 19.4 Å². The number of ether oxygens (including phenoxy) is 1. The first-order valence-corrected chi connectivity index (χ1v) is 6.59. The van der Waals surface area contributed by atoms with Crippen LogP contribution >= 0.6 is 23.8 Å². The van der Waals surface area contributed by atoms with Crippen LogP contribution in [0.15, 0.2) is 17.2 Å². The summed E-state index contributed by atoms with van der Waals surface area (Å²) in [6.45, 7) is 4.92. The van der Waals surface area contributed by atoms with Crippen LogP contribution in [0.3, 0.4) is 0 Å². The molecular formula is C12H16ClN3O2S. The zero-order valence-corrected chi connectivity index (χ0v) is 12.3. The molecule has 0 fully saturated rings. The molecule has 104 valence electrons. The van der Waals surface area contributed by atoms with E-state index in [1.165, 1.54) is 6.21 Å². The SMILES string of the molecule is CCNC(=S)N/N=C/c1cc(Cl)c(O)c(OCC)c1. The Bertz CT molecular complexity index is 480. The average Bonchev–Trinajstić information content (AvgIpc) is 2.36. The Morgan fingerprint density at radius 1 is 1.53 bits per heavy atom. The van der Waals surface area contributed by atoms with Gasteiger partial charge in [0.25, 0.3) is 0 Å². The van der Waals surface area contributed by atoms with E-state index in [4.69, 9.17) is 28.6 Å². The van der Waals surface area contributed by atoms with Crippen LogP contribution in [0.5, 0.6) is 11.5 Å². The predicted octanol–water partition coefficient (Wildman–Crippen LogP) is 2.26. The lowest BCUT2D eigenvalue weighted by atomic mass is 10.2. The van der Waals surface area contributed by atoms with E-state index >= 15 is 0 Å². The maximum absolute atomic E-state index is 9.69. The van der Waals surface area contributed by atoms with Crippen molar-refractivity contribution in [3.05, 3.63) is 22.7 Å². The van der Waals surface area contributed by atoms with Gasteiger partial charge in [-0.3, -0.25) is 5.43 Å². The van der Waals surface area contributed by atoms with Gasteiger partial charge in [0.1, 0.15) is 0 Å². The first-order valence-electron chi connectivity index (χ1n) is 5.80. The Hall–Kier alpha value is -1.53. The molecule has 3 N–H and O–H groups in total. The van der Waals surface area contributed by atoms with Crippen molar-refractivity contribution in [3.63, 3.8) is 0 Å². The highest BCUT2D eigenvalue weighted by molar-refractivity contribution is 7.80. The largest absolute Gasteiger partial charge is 0.503 e. The summed E-state index contributed by atoms with van der Waals surface area (Å²) >= 11 is 10.9. The number of thiocarbonyl (C=S) groups is 1. The third kappa shape index (κ3) is 4.92. The van der Waals surface area contributed by atoms with Crippen LogP contribution in [0.2, 0.25) is 5.02 Å². The van der Waals surface area contributed by atoms with Crippen LogP contribution in [0, 0.1) is 0 Å². The van der Waals surface area contributed by atoms with E-state index in [1.54, 1.807) is 12.1 Å². The minimum atomic E-state index is -0.0724. The van der Waals surface area contributed by atoms with Gasteiger partial charge in [-0.15, -0.1) is 0 Å². The second-order valence-corrected chi connectivity index (χ2v) is 4.33. The number of phenolic OH excluding ortho intramolecular Hbond substituents is 1. The number of nitrogens with zero attached hydrogens (tertiary/aromatic N) is 1. The summed E-state index contributed by atoms with van der Waals surface area (Å²) in [5.41, 5.74) is 3.35. The quantitative estimate of drug-likeness (QED) is 0.442. The topological polar surface area (TPSA) is 65.9 Å². The zero-order valence-electron chi connectivity index (χ0n) is 10.7. The number of halogens is 1. The number of aromatic hydroxyl groups is 1. The van der Waals surface area contributed by atoms with Gasteiger partial charge >= 0.3 is 0 Å². The summed E-state index contributed by atoms with van der Waals surface area (Å²) in [5.74, 6) is 0.252. The Morgan fingerprint density at radius 3 is 2.89 bits per heavy atom. The third-order valence-corrected chi connectivity index (χ3v) is 2.59. The minimum Gasteiger partial charge on any atom is -0.503 e. The molecule has 5 nitrogen and oxygen atoms in total. The van der Waals surface area contributed by atoms with Gasteiger partial charge < -0.3 is 15.2 Å². The molecule has 0 aliphatic carbocycles. The van der Waals surface area contributed by atoms with Crippen molar-refractivity contribution >= 4 is 35.1 Å². The average molecular weight is 302 g/mol. The molecule has 1 aromatic carbocycles. The number of phenols is 1. The molecule has 0 spiro atoms. The highest BCUT2D eigenvalue weighted by Crippen LogP contribution is 2.34. The van der Waals surface area contributed by atoms with Crippen LogP contribution in [0.25, 0.3) is 0 Å². The summed E-state index contributed by atoms with van der Waals surface area (Å²) in [6.07, 6.45) is 1.54. The van der Waals surface area contributed by atoms with Gasteiger partial charge in [-0.05, 0) is 43.8 Å². The van der Waals surface area contributed by atoms with E-state index in [9.17, 15) is 5.11 Å². The lowest BCUT2D eigenvalue weighted by molar-refractivity contribution is 0.318. The summed E-state index contributed by atoms with van der Waals surface area (Å²) in [6, 6.07) is 3.23. The standard InChI is InChI=1S/C12H16ClN3O2S/c1-3-14-12(19)16-15-7-8-5-9(13)11(17)10(6-8)18-4-2/h5-7,17H,3-4H2,1-2H3,(H2,14,16,19)/b15-7+. The summed E-state index contributed by atoms with van der Waals surface area (Å²) in [5, 5.41) is 17.2. The molecule has 0 saturated carbocycles. The monoisotopic (exact) mass is 301 g/mol. The molecule has 0 unspecified atom stereocenters. The molecule has 19 heavy (non-hydrogen) atoms. The van der Waals surface area contributed by atoms with E-state index in [1.807, 2.05) is 13.8 Å². The normalized spacial score (nSPS) is 10.5. The van der Waals surface area contributed by atoms with Crippen molar-refractivity contribution in [2.75, 3.05) is 13.2 Å². The fourth-order valence-electron chi connectivity index (χ4n) is 1.30. The van der Waals surface area contributed by atoms with Crippen molar-refractivity contribution < 1.29 is 9.84 Å². The van der Waals surface area contributed by atoms with Gasteiger partial charge in [-0.1, -0.05) is 11.6 Å². The fourth-order valence-corrected chi connectivity index (χ4v) is 1.72. The van der Waals surface area contributed by atoms with E-state index in [-0.39, 0.29) is 10.8 Å². The highest BCUT2D eigenvalue weighted by Gasteiger charge is 2.08. The molecule has 0 atom stereocenters. The number of nitrogens with one attached hydrogen (secondary N) is 2. The molecule has 0 saturated heterocycles. The van der Waals surface area contributed by atoms with Gasteiger partial charge in [0.15, 0.2) is 16.6 Å². The molecule has 0 amide bonds. The Kier molecular flexibility index (Phi) is 6.38. The number of hydrogen-bond acceptors (Lipinski definition) is 4. The van der Waals surface area contributed by atoms with E-state index in [0.29, 0.717) is 23.0 Å². The van der Waals surface area contributed by atoms with Crippen molar-refractivity contribution in [2.45, 2.75) is 13.8 Å². The Labute approximate surface area is 122 Å². The molecule has 0 bridgehead atoms. The number of rotatable bonds is 5. The lowest BCUT2D eigenvalue weighted by Gasteiger charge is -2.08. The minimum absolute atomic E-state index is 0.0724. The lowest BCUT2D eigenvalue weighted by Crippen LogP contribution is -2.31. The van der Waals surface area contributed by atoms with Gasteiger partial charge in [0.2, 0.25) is 0 Å². The van der Waals surface area contributed by atoms with Crippen LogP contribution < -0.4 is 15.5 Å². The van der Waals surface area contributed by atoms with Crippen molar-refractivity contribution in [1.82, 2.24) is 10.7 Å². The van der Waals surface area contributed by atoms with E-state index in [2.05, 4.69) is 15.8 Å². The van der Waals surface area contributed by atoms with Crippen molar-refractivity contribution in [1.29, 1.82) is 0 Å². The number of hydrogen-bond donors (Lipinski definition) is 3. The van der Waals surface area contributed by atoms with Crippen LogP contribution in [-0.4, -0.2) is 29.6 Å². The maximum atomic E-state index is 9.69. The molecule has 0 radical (unpaired) electrons. The summed E-state index contributed by atoms with van der Waals surface area (Å²) in [7, 11) is 0. The van der Waals surface area contributed by atoms with Crippen LogP contribution in [-0.2, 0) is 0 Å². The third-order valence-electron chi connectivity index (χ3n) is 2.07. The van der Waals surface area contributed by atoms with Gasteiger partial charge in [0, 0.05) is 6.54 Å². The van der Waals surface area contributed by atoms with Crippen LogP contribution in [0.4, 0.5) is 0 Å². The summed E-state index contributed by atoms with van der Waals surface area (Å²) < 4.78 is 5.27. The molecular weight excluding hydrogens is 286 g/mol. The molecule has 1 rings (SSSR count). The first kappa shape index (κ1) is 15.5.